The van der Waals surface area contributed by atoms with Crippen LogP contribution < -0.4 is 0 Å². The molecule has 0 amide bonds. The van der Waals surface area contributed by atoms with Crippen LogP contribution in [0.25, 0.3) is 10.4 Å². The average molecular weight is 201 g/mol. The summed E-state index contributed by atoms with van der Waals surface area (Å²) in [6.07, 6.45) is -0.0403. The van der Waals surface area contributed by atoms with Crippen LogP contribution in [-0.4, -0.2) is 6.29 Å². The van der Waals surface area contributed by atoms with Crippen molar-refractivity contribution in [2.24, 2.45) is 5.11 Å². The molecule has 0 atom stereocenters. The maximum atomic E-state index is 12.9. The van der Waals surface area contributed by atoms with Crippen LogP contribution in [0.5, 0.6) is 0 Å². The number of halogens is 3. The van der Waals surface area contributed by atoms with Crippen LogP contribution in [-0.2, 0) is 0 Å². The largest absolute Gasteiger partial charge is 0.298 e. The predicted octanol–water partition coefficient (Wildman–Crippen LogP) is 2.86. The van der Waals surface area contributed by atoms with Gasteiger partial charge >= 0.3 is 0 Å². The molecule has 72 valence electrons. The lowest BCUT2D eigenvalue weighted by molar-refractivity contribution is 0.111. The molecule has 0 aliphatic carbocycles. The van der Waals surface area contributed by atoms with Crippen LogP contribution in [0.1, 0.15) is 10.4 Å². The Balaban J connectivity index is 3.56. The number of carbonyl (C=O) groups is 1. The van der Waals surface area contributed by atoms with Gasteiger partial charge in [-0.05, 0) is 11.6 Å². The third-order valence-electron chi connectivity index (χ3n) is 1.43. The van der Waals surface area contributed by atoms with Crippen LogP contribution >= 0.6 is 0 Å². The molecule has 0 N–H and O–H groups in total. The second-order valence-corrected chi connectivity index (χ2v) is 2.23. The van der Waals surface area contributed by atoms with Crippen LogP contribution in [0.2, 0.25) is 0 Å². The van der Waals surface area contributed by atoms with E-state index in [9.17, 15) is 18.0 Å². The molecule has 0 saturated heterocycles. The van der Waals surface area contributed by atoms with Gasteiger partial charge in [-0.25, -0.2) is 13.2 Å². The molecule has 0 radical (unpaired) electrons. The molecule has 4 nitrogen and oxygen atoms in total. The Morgan fingerprint density at radius 1 is 1.36 bits per heavy atom. The highest BCUT2D eigenvalue weighted by atomic mass is 19.2. The smallest absolute Gasteiger partial charge is 0.172 e. The predicted molar refractivity (Wildman–Crippen MR) is 40.5 cm³/mol. The Morgan fingerprint density at radius 2 is 2.00 bits per heavy atom. The summed E-state index contributed by atoms with van der Waals surface area (Å²) in [6, 6.07) is 0.454. The molecule has 0 spiro atoms. The van der Waals surface area contributed by atoms with Gasteiger partial charge < -0.3 is 0 Å². The second kappa shape index (κ2) is 3.80. The first kappa shape index (κ1) is 10.1. The van der Waals surface area contributed by atoms with Crippen LogP contribution in [0.4, 0.5) is 18.9 Å². The van der Waals surface area contributed by atoms with Crippen LogP contribution in [0.3, 0.4) is 0 Å². The van der Waals surface area contributed by atoms with Crippen molar-refractivity contribution in [3.05, 3.63) is 39.5 Å². The summed E-state index contributed by atoms with van der Waals surface area (Å²) in [5.41, 5.74) is 6.06. The van der Waals surface area contributed by atoms with Gasteiger partial charge in [-0.1, -0.05) is 5.11 Å². The van der Waals surface area contributed by atoms with Gasteiger partial charge in [-0.3, -0.25) is 4.79 Å². The molecule has 0 aromatic heterocycles. The van der Waals surface area contributed by atoms with Gasteiger partial charge in [0.15, 0.2) is 17.9 Å². The fraction of sp³-hybridized carbons (Fsp3) is 0. The summed E-state index contributed by atoms with van der Waals surface area (Å²) in [6.45, 7) is 0. The lowest BCUT2D eigenvalue weighted by atomic mass is 10.2. The van der Waals surface area contributed by atoms with Crippen molar-refractivity contribution in [2.45, 2.75) is 0 Å². The summed E-state index contributed by atoms with van der Waals surface area (Å²) in [5.74, 6) is -4.50. The molecule has 7 heteroatoms. The minimum atomic E-state index is -1.68. The van der Waals surface area contributed by atoms with E-state index < -0.39 is 28.7 Å². The van der Waals surface area contributed by atoms with Crippen molar-refractivity contribution in [1.29, 1.82) is 0 Å². The van der Waals surface area contributed by atoms with Gasteiger partial charge in [-0.15, -0.1) is 0 Å². The first-order valence-corrected chi connectivity index (χ1v) is 3.29. The first-order valence-electron chi connectivity index (χ1n) is 3.29. The van der Waals surface area contributed by atoms with Crippen molar-refractivity contribution in [3.63, 3.8) is 0 Å². The van der Waals surface area contributed by atoms with E-state index in [2.05, 4.69) is 10.0 Å². The summed E-state index contributed by atoms with van der Waals surface area (Å²) < 4.78 is 38.5. The van der Waals surface area contributed by atoms with E-state index >= 15 is 0 Å². The monoisotopic (exact) mass is 201 g/mol. The summed E-state index contributed by atoms with van der Waals surface area (Å²) in [7, 11) is 0. The highest BCUT2D eigenvalue weighted by molar-refractivity contribution is 5.76. The Morgan fingerprint density at radius 3 is 2.50 bits per heavy atom. The molecule has 1 rings (SSSR count). The highest BCUT2D eigenvalue weighted by Crippen LogP contribution is 2.26. The lowest BCUT2D eigenvalue weighted by Gasteiger charge is -2.01. The van der Waals surface area contributed by atoms with Gasteiger partial charge in [0, 0.05) is 4.91 Å². The third kappa shape index (κ3) is 1.53. The van der Waals surface area contributed by atoms with Crippen molar-refractivity contribution < 1.29 is 18.0 Å². The maximum Gasteiger partial charge on any atom is 0.172 e. The molecule has 0 aliphatic rings. The van der Waals surface area contributed by atoms with Crippen LogP contribution in [0, 0.1) is 17.5 Å². The van der Waals surface area contributed by atoms with Crippen molar-refractivity contribution in [2.75, 3.05) is 0 Å². The Hall–Kier alpha value is -2.01. The van der Waals surface area contributed by atoms with E-state index in [0.717, 1.165) is 0 Å². The van der Waals surface area contributed by atoms with Crippen LogP contribution in [0.15, 0.2) is 11.2 Å². The highest BCUT2D eigenvalue weighted by Gasteiger charge is 2.17. The number of aldehydes is 1. The molecule has 0 fully saturated rings. The summed E-state index contributed by atoms with van der Waals surface area (Å²) in [4.78, 5) is 12.2. The van der Waals surface area contributed by atoms with Gasteiger partial charge in [0.25, 0.3) is 0 Å². The minimum absolute atomic E-state index is 0.0403. The zero-order valence-corrected chi connectivity index (χ0v) is 6.54. The second-order valence-electron chi connectivity index (χ2n) is 2.23. The topological polar surface area (TPSA) is 65.8 Å². The van der Waals surface area contributed by atoms with E-state index in [0.29, 0.717) is 6.07 Å². The maximum absolute atomic E-state index is 12.9. The van der Waals surface area contributed by atoms with Gasteiger partial charge in [0.1, 0.15) is 11.5 Å². The third-order valence-corrected chi connectivity index (χ3v) is 1.43. The Bertz CT molecular complexity index is 440. The molecule has 0 unspecified atom stereocenters. The van der Waals surface area contributed by atoms with E-state index in [4.69, 9.17) is 5.53 Å². The molecule has 14 heavy (non-hydrogen) atoms. The number of benzene rings is 1. The minimum Gasteiger partial charge on any atom is -0.298 e. The zero-order chi connectivity index (χ0) is 10.7. The van der Waals surface area contributed by atoms with Gasteiger partial charge in [0.2, 0.25) is 0 Å². The molecule has 1 aromatic carbocycles. The fourth-order valence-electron chi connectivity index (χ4n) is 0.826. The molecular formula is C7H2F3N3O. The zero-order valence-electron chi connectivity index (χ0n) is 6.54. The SMILES string of the molecule is [N-]=[N+]=Nc1c(F)cc(C=O)c(F)c1F. The quantitative estimate of drug-likeness (QED) is 0.238. The van der Waals surface area contributed by atoms with E-state index in [1.54, 1.807) is 0 Å². The van der Waals surface area contributed by atoms with E-state index in [1.807, 2.05) is 0 Å². The van der Waals surface area contributed by atoms with Crippen molar-refractivity contribution in [1.82, 2.24) is 0 Å². The first-order chi connectivity index (χ1) is 6.61. The van der Waals surface area contributed by atoms with Crippen molar-refractivity contribution >= 4 is 12.0 Å². The van der Waals surface area contributed by atoms with E-state index in [-0.39, 0.29) is 6.29 Å². The Kier molecular flexibility index (Phi) is 2.73. The number of rotatable bonds is 2. The summed E-state index contributed by atoms with van der Waals surface area (Å²) in [5, 5.41) is 2.62. The lowest BCUT2D eigenvalue weighted by Crippen LogP contribution is -1.95. The van der Waals surface area contributed by atoms with Gasteiger partial charge in [-0.2, -0.15) is 0 Å². The molecule has 0 aliphatic heterocycles. The molecular weight excluding hydrogens is 199 g/mol. The number of hydrogen-bond donors (Lipinski definition) is 0. The number of azide groups is 1. The summed E-state index contributed by atoms with van der Waals surface area (Å²) >= 11 is 0. The number of carbonyl (C=O) groups excluding carboxylic acids is 1. The number of hydrogen-bond acceptors (Lipinski definition) is 2. The van der Waals surface area contributed by atoms with E-state index in [1.165, 1.54) is 0 Å². The molecule has 1 aromatic rings. The normalized spacial score (nSPS) is 9.36. The molecule has 0 bridgehead atoms. The average Bonchev–Trinajstić information content (AvgIpc) is 2.18. The standard InChI is InChI=1S/C7H2F3N3O/c8-4-1-3(2-14)5(9)6(10)7(4)12-13-11/h1-2H. The van der Waals surface area contributed by atoms with Gasteiger partial charge in [0.05, 0.1) is 5.56 Å². The molecule has 0 heterocycles. The molecule has 0 saturated carbocycles. The fourth-order valence-corrected chi connectivity index (χ4v) is 0.826. The Labute approximate surface area is 75.6 Å². The van der Waals surface area contributed by atoms with Crippen molar-refractivity contribution in [3.8, 4) is 0 Å². The number of nitrogens with zero attached hydrogens (tertiary/aromatic N) is 3.